The van der Waals surface area contributed by atoms with Crippen molar-refractivity contribution in [3.63, 3.8) is 0 Å². The fourth-order valence-corrected chi connectivity index (χ4v) is 3.64. The highest BCUT2D eigenvalue weighted by Gasteiger charge is 2.23. The van der Waals surface area contributed by atoms with Gasteiger partial charge in [-0.25, -0.2) is 4.98 Å². The molecule has 0 aliphatic heterocycles. The average molecular weight is 392 g/mol. The van der Waals surface area contributed by atoms with E-state index < -0.39 is 8.07 Å². The van der Waals surface area contributed by atoms with Crippen molar-refractivity contribution in [3.05, 3.63) is 23.5 Å². The van der Waals surface area contributed by atoms with E-state index in [1.54, 1.807) is 0 Å². The zero-order valence-electron chi connectivity index (χ0n) is 15.7. The number of hydrogen-bond acceptors (Lipinski definition) is 4. The van der Waals surface area contributed by atoms with Crippen LogP contribution in [0.5, 0.6) is 5.75 Å². The average Bonchev–Trinajstić information content (AvgIpc) is 3.36. The third-order valence-electron chi connectivity index (χ3n) is 4.56. The molecule has 1 saturated carbocycles. The molecule has 0 saturated heterocycles. The van der Waals surface area contributed by atoms with Crippen LogP contribution in [0.15, 0.2) is 12.1 Å². The van der Waals surface area contributed by atoms with Crippen molar-refractivity contribution in [2.75, 3.05) is 13.2 Å². The van der Waals surface area contributed by atoms with E-state index in [9.17, 15) is 5.26 Å². The molecule has 3 rings (SSSR count). The zero-order valence-corrected chi connectivity index (χ0v) is 17.5. The Morgan fingerprint density at radius 3 is 2.73 bits per heavy atom. The molecule has 1 aromatic heterocycles. The maximum absolute atomic E-state index is 9.50. The van der Waals surface area contributed by atoms with Gasteiger partial charge < -0.3 is 14.0 Å². The van der Waals surface area contributed by atoms with Crippen molar-refractivity contribution >= 4 is 30.7 Å². The molecule has 1 aliphatic carbocycles. The topological polar surface area (TPSA) is 60.1 Å². The number of alkyl halides is 1. The van der Waals surface area contributed by atoms with Gasteiger partial charge in [-0.1, -0.05) is 19.6 Å². The van der Waals surface area contributed by atoms with Gasteiger partial charge in [0.15, 0.2) is 0 Å². The first-order valence-corrected chi connectivity index (χ1v) is 13.3. The molecule has 26 heavy (non-hydrogen) atoms. The van der Waals surface area contributed by atoms with Gasteiger partial charge in [0, 0.05) is 20.7 Å². The van der Waals surface area contributed by atoms with E-state index in [2.05, 4.69) is 30.7 Å². The number of ether oxygens (including phenoxy) is 2. The van der Waals surface area contributed by atoms with Crippen LogP contribution in [0.2, 0.25) is 25.7 Å². The van der Waals surface area contributed by atoms with E-state index in [1.807, 2.05) is 16.7 Å². The number of nitriles is 1. The third kappa shape index (κ3) is 4.79. The molecule has 0 amide bonds. The molecule has 0 unspecified atom stereocenters. The van der Waals surface area contributed by atoms with E-state index in [-0.39, 0.29) is 0 Å². The van der Waals surface area contributed by atoms with Gasteiger partial charge in [0.1, 0.15) is 24.4 Å². The molecule has 0 spiro atoms. The molecule has 5 nitrogen and oxygen atoms in total. The molecule has 2 aromatic rings. The molecule has 140 valence electrons. The van der Waals surface area contributed by atoms with Crippen LogP contribution >= 0.6 is 11.6 Å². The van der Waals surface area contributed by atoms with Gasteiger partial charge in [-0.05, 0) is 30.9 Å². The predicted octanol–water partition coefficient (Wildman–Crippen LogP) is 4.75. The Labute approximate surface area is 160 Å². The van der Waals surface area contributed by atoms with E-state index in [1.165, 1.54) is 12.8 Å². The molecular formula is C19H26ClN3O2Si. The molecule has 7 heteroatoms. The molecular weight excluding hydrogens is 366 g/mol. The summed E-state index contributed by atoms with van der Waals surface area (Å²) in [5.41, 5.74) is 2.19. The second kappa shape index (κ2) is 7.99. The van der Waals surface area contributed by atoms with Crippen LogP contribution in [-0.4, -0.2) is 30.8 Å². The standard InChI is InChI=1S/C19H26ClN3O2Si/c1-26(2,3)7-6-24-13-23-17-8-15(11-21)18(25-12-14-4-5-14)9-16(17)22-19(23)10-20/h8-9,14H,4-7,10,12-13H2,1-3H3. The SMILES string of the molecule is C[Si](C)(C)CCOCn1c(CCl)nc2cc(OCC3CC3)c(C#N)cc21. The van der Waals surface area contributed by atoms with Gasteiger partial charge in [0.05, 0.1) is 29.1 Å². The van der Waals surface area contributed by atoms with Gasteiger partial charge in [0.25, 0.3) is 0 Å². The van der Waals surface area contributed by atoms with Crippen molar-refractivity contribution in [1.82, 2.24) is 9.55 Å². The normalized spacial score (nSPS) is 14.6. The number of aromatic nitrogens is 2. The number of rotatable bonds is 9. The van der Waals surface area contributed by atoms with Crippen LogP contribution in [0.3, 0.4) is 0 Å². The Bertz CT molecular complexity index is 819. The van der Waals surface area contributed by atoms with Gasteiger partial charge in [-0.15, -0.1) is 11.6 Å². The van der Waals surface area contributed by atoms with Crippen LogP contribution in [0, 0.1) is 17.2 Å². The van der Waals surface area contributed by atoms with E-state index in [4.69, 9.17) is 21.1 Å². The summed E-state index contributed by atoms with van der Waals surface area (Å²) in [6.07, 6.45) is 2.42. The summed E-state index contributed by atoms with van der Waals surface area (Å²) in [4.78, 5) is 4.61. The highest BCUT2D eigenvalue weighted by atomic mass is 35.5. The predicted molar refractivity (Wildman–Crippen MR) is 106 cm³/mol. The van der Waals surface area contributed by atoms with Gasteiger partial charge in [-0.3, -0.25) is 0 Å². The van der Waals surface area contributed by atoms with Crippen molar-refractivity contribution in [3.8, 4) is 11.8 Å². The first-order valence-electron chi connectivity index (χ1n) is 9.11. The van der Waals surface area contributed by atoms with Crippen molar-refractivity contribution < 1.29 is 9.47 Å². The smallest absolute Gasteiger partial charge is 0.139 e. The number of nitrogens with zero attached hydrogens (tertiary/aromatic N) is 3. The molecule has 1 fully saturated rings. The minimum Gasteiger partial charge on any atom is -0.492 e. The summed E-state index contributed by atoms with van der Waals surface area (Å²) in [5.74, 6) is 2.29. The Morgan fingerprint density at radius 1 is 1.35 bits per heavy atom. The molecule has 0 bridgehead atoms. The summed E-state index contributed by atoms with van der Waals surface area (Å²) in [6.45, 7) is 8.78. The number of fused-ring (bicyclic) bond motifs is 1. The molecule has 1 aliphatic rings. The second-order valence-corrected chi connectivity index (χ2v) is 14.0. The zero-order chi connectivity index (χ0) is 18.7. The van der Waals surface area contributed by atoms with Crippen molar-refractivity contribution in [2.24, 2.45) is 5.92 Å². The highest BCUT2D eigenvalue weighted by Crippen LogP contribution is 2.32. The van der Waals surface area contributed by atoms with Crippen molar-refractivity contribution in [2.45, 2.75) is 51.1 Å². The molecule has 1 heterocycles. The fraction of sp³-hybridized carbons (Fsp3) is 0.579. The lowest BCUT2D eigenvalue weighted by atomic mass is 10.2. The first-order chi connectivity index (χ1) is 12.4. The van der Waals surface area contributed by atoms with Gasteiger partial charge in [0.2, 0.25) is 0 Å². The third-order valence-corrected chi connectivity index (χ3v) is 6.50. The van der Waals surface area contributed by atoms with Gasteiger partial charge in [-0.2, -0.15) is 5.26 Å². The van der Waals surface area contributed by atoms with Crippen LogP contribution in [0.25, 0.3) is 11.0 Å². The molecule has 0 N–H and O–H groups in total. The number of hydrogen-bond donors (Lipinski definition) is 0. The lowest BCUT2D eigenvalue weighted by Gasteiger charge is -2.16. The van der Waals surface area contributed by atoms with Crippen LogP contribution < -0.4 is 4.74 Å². The highest BCUT2D eigenvalue weighted by molar-refractivity contribution is 6.76. The fourth-order valence-electron chi connectivity index (χ4n) is 2.68. The summed E-state index contributed by atoms with van der Waals surface area (Å²) < 4.78 is 13.7. The Balaban J connectivity index is 1.81. The summed E-state index contributed by atoms with van der Waals surface area (Å²) in [7, 11) is -1.13. The molecule has 0 atom stereocenters. The maximum Gasteiger partial charge on any atom is 0.139 e. The summed E-state index contributed by atoms with van der Waals surface area (Å²) >= 11 is 6.09. The Kier molecular flexibility index (Phi) is 5.91. The summed E-state index contributed by atoms with van der Waals surface area (Å²) in [5, 5.41) is 9.50. The number of imidazole rings is 1. The number of halogens is 1. The molecule has 0 radical (unpaired) electrons. The largest absolute Gasteiger partial charge is 0.492 e. The monoisotopic (exact) mass is 391 g/mol. The van der Waals surface area contributed by atoms with Crippen LogP contribution in [0.1, 0.15) is 24.2 Å². The van der Waals surface area contributed by atoms with E-state index in [0.717, 1.165) is 29.5 Å². The second-order valence-electron chi connectivity index (χ2n) is 8.14. The minimum absolute atomic E-state index is 0.298. The number of benzene rings is 1. The van der Waals surface area contributed by atoms with E-state index >= 15 is 0 Å². The Hall–Kier alpha value is -1.55. The maximum atomic E-state index is 9.50. The summed E-state index contributed by atoms with van der Waals surface area (Å²) in [6, 6.07) is 7.04. The van der Waals surface area contributed by atoms with Gasteiger partial charge >= 0.3 is 0 Å². The first kappa shape index (κ1) is 19.2. The quantitative estimate of drug-likeness (QED) is 0.351. The van der Waals surface area contributed by atoms with Crippen LogP contribution in [-0.2, 0) is 17.3 Å². The minimum atomic E-state index is -1.13. The Morgan fingerprint density at radius 2 is 2.12 bits per heavy atom. The molecule has 1 aromatic carbocycles. The lowest BCUT2D eigenvalue weighted by molar-refractivity contribution is 0.0883. The van der Waals surface area contributed by atoms with Crippen molar-refractivity contribution in [1.29, 1.82) is 5.26 Å². The van der Waals surface area contributed by atoms with E-state index in [0.29, 0.717) is 36.4 Å². The van der Waals surface area contributed by atoms with Crippen LogP contribution in [0.4, 0.5) is 0 Å². The lowest BCUT2D eigenvalue weighted by Crippen LogP contribution is -2.22.